The van der Waals surface area contributed by atoms with Crippen molar-refractivity contribution in [2.45, 2.75) is 38.5 Å². The number of hydrogen-bond acceptors (Lipinski definition) is 8. The quantitative estimate of drug-likeness (QED) is 0.577. The summed E-state index contributed by atoms with van der Waals surface area (Å²) in [7, 11) is 0. The van der Waals surface area contributed by atoms with E-state index in [4.69, 9.17) is 4.42 Å². The first-order valence-corrected chi connectivity index (χ1v) is 10.5. The average molecular weight is 411 g/mol. The molecule has 2 N–H and O–H groups in total. The lowest BCUT2D eigenvalue weighted by molar-refractivity contribution is -0.402. The molecule has 0 amide bonds. The number of rotatable bonds is 4. The largest absolute Gasteiger partial charge is 0.433 e. The number of nitrogens with zero attached hydrogens (tertiary/aromatic N) is 3. The van der Waals surface area contributed by atoms with E-state index in [2.05, 4.69) is 53.9 Å². The maximum atomic E-state index is 11.0. The molecule has 0 aliphatic carbocycles. The van der Waals surface area contributed by atoms with Crippen molar-refractivity contribution in [2.24, 2.45) is 0 Å². The molecule has 3 atom stereocenters. The summed E-state index contributed by atoms with van der Waals surface area (Å²) in [5.74, 6) is 0.221. The molecule has 1 fully saturated rings. The third-order valence-corrected chi connectivity index (χ3v) is 6.14. The average Bonchev–Trinajstić information content (AvgIpc) is 3.32. The molecule has 0 radical (unpaired) electrons. The van der Waals surface area contributed by atoms with Gasteiger partial charge >= 0.3 is 5.88 Å². The van der Waals surface area contributed by atoms with Gasteiger partial charge in [0, 0.05) is 0 Å². The zero-order valence-electron chi connectivity index (χ0n) is 16.3. The van der Waals surface area contributed by atoms with E-state index in [0.29, 0.717) is 17.8 Å². The van der Waals surface area contributed by atoms with Gasteiger partial charge in [-0.3, -0.25) is 15.4 Å². The van der Waals surface area contributed by atoms with Crippen LogP contribution in [0.5, 0.6) is 0 Å². The zero-order valence-corrected chi connectivity index (χ0v) is 17.1. The Kier molecular flexibility index (Phi) is 5.08. The predicted molar refractivity (Wildman–Crippen MR) is 109 cm³/mol. The van der Waals surface area contributed by atoms with Crippen molar-refractivity contribution in [3.8, 4) is 6.07 Å². The lowest BCUT2D eigenvalue weighted by atomic mass is 9.90. The third-order valence-electron chi connectivity index (χ3n) is 5.43. The predicted octanol–water partition coefficient (Wildman–Crippen LogP) is 3.82. The normalized spacial score (nSPS) is 24.1. The number of benzene rings is 1. The smallest absolute Gasteiger partial charge is 0.404 e. The highest BCUT2D eigenvalue weighted by Crippen LogP contribution is 2.43. The van der Waals surface area contributed by atoms with Crippen LogP contribution in [-0.2, 0) is 0 Å². The van der Waals surface area contributed by atoms with Crippen molar-refractivity contribution >= 4 is 17.6 Å². The van der Waals surface area contributed by atoms with E-state index in [1.807, 2.05) is 6.26 Å². The van der Waals surface area contributed by atoms with Gasteiger partial charge in [-0.2, -0.15) is 10.3 Å². The summed E-state index contributed by atoms with van der Waals surface area (Å²) in [6.07, 6.45) is 2.21. The second-order valence-electron chi connectivity index (χ2n) is 7.24. The van der Waals surface area contributed by atoms with Gasteiger partial charge in [-0.1, -0.05) is 23.8 Å². The fourth-order valence-corrected chi connectivity index (χ4v) is 4.67. The van der Waals surface area contributed by atoms with E-state index >= 15 is 0 Å². The van der Waals surface area contributed by atoms with Gasteiger partial charge in [0.15, 0.2) is 0 Å². The Hall–Kier alpha value is -2.80. The second-order valence-corrected chi connectivity index (χ2v) is 8.06. The number of nitro groups is 1. The summed E-state index contributed by atoms with van der Waals surface area (Å²) in [6, 6.07) is 11.4. The molecule has 2 aliphatic heterocycles. The molecular formula is C20H21N5O3S. The van der Waals surface area contributed by atoms with Gasteiger partial charge in [0.25, 0.3) is 0 Å². The van der Waals surface area contributed by atoms with E-state index in [1.54, 1.807) is 6.07 Å². The molecule has 3 unspecified atom stereocenters. The number of furan rings is 1. The monoisotopic (exact) mass is 411 g/mol. The summed E-state index contributed by atoms with van der Waals surface area (Å²) in [5, 5.41) is 27.1. The van der Waals surface area contributed by atoms with Gasteiger partial charge < -0.3 is 9.84 Å². The number of hydrazine groups is 1. The van der Waals surface area contributed by atoms with Crippen LogP contribution in [0.1, 0.15) is 41.0 Å². The summed E-state index contributed by atoms with van der Waals surface area (Å²) >= 11 is 1.49. The fraction of sp³-hybridized carbons (Fsp3) is 0.350. The van der Waals surface area contributed by atoms with Gasteiger partial charge in [0.1, 0.15) is 22.9 Å². The van der Waals surface area contributed by atoms with E-state index in [-0.39, 0.29) is 24.1 Å². The molecule has 0 saturated carbocycles. The van der Waals surface area contributed by atoms with Crippen molar-refractivity contribution in [1.29, 1.82) is 5.26 Å². The Labute approximate surface area is 172 Å². The molecule has 8 nitrogen and oxygen atoms in total. The molecule has 1 aromatic heterocycles. The van der Waals surface area contributed by atoms with Crippen molar-refractivity contribution in [3.05, 3.63) is 73.5 Å². The molecule has 4 rings (SSSR count). The molecule has 2 aliphatic rings. The van der Waals surface area contributed by atoms with Crippen molar-refractivity contribution < 1.29 is 9.34 Å². The first-order chi connectivity index (χ1) is 13.9. The molecule has 150 valence electrons. The fourth-order valence-electron chi connectivity index (χ4n) is 4.09. The van der Waals surface area contributed by atoms with Crippen molar-refractivity contribution in [2.75, 3.05) is 6.26 Å². The topological polar surface area (TPSA) is 107 Å². The Morgan fingerprint density at radius 1 is 1.34 bits per heavy atom. The molecule has 0 spiro atoms. The number of hydrogen-bond donors (Lipinski definition) is 2. The lowest BCUT2D eigenvalue weighted by Crippen LogP contribution is -2.55. The number of aryl methyl sites for hydroxylation is 2. The maximum absolute atomic E-state index is 11.0. The van der Waals surface area contributed by atoms with Crippen LogP contribution in [0.4, 0.5) is 5.88 Å². The van der Waals surface area contributed by atoms with Crippen LogP contribution in [-0.4, -0.2) is 22.4 Å². The molecule has 1 saturated heterocycles. The second kappa shape index (κ2) is 7.55. The van der Waals surface area contributed by atoms with Gasteiger partial charge in [0.2, 0.25) is 0 Å². The van der Waals surface area contributed by atoms with Crippen molar-refractivity contribution in [3.63, 3.8) is 0 Å². The number of nitriles is 1. The van der Waals surface area contributed by atoms with Crippen LogP contribution in [0.25, 0.3) is 0 Å². The number of nitrogens with one attached hydrogen (secondary N) is 2. The molecule has 9 heteroatoms. The molecule has 29 heavy (non-hydrogen) atoms. The van der Waals surface area contributed by atoms with Crippen LogP contribution >= 0.6 is 11.8 Å². The lowest BCUT2D eigenvalue weighted by Gasteiger charge is -2.42. The minimum absolute atomic E-state index is 0.0380. The summed E-state index contributed by atoms with van der Waals surface area (Å²) in [4.78, 5) is 10.5. The highest BCUT2D eigenvalue weighted by atomic mass is 32.2. The molecular weight excluding hydrogens is 390 g/mol. The number of fused-ring (bicyclic) bond motifs is 1. The van der Waals surface area contributed by atoms with Gasteiger partial charge in [0.05, 0.1) is 28.8 Å². The Morgan fingerprint density at radius 3 is 2.76 bits per heavy atom. The van der Waals surface area contributed by atoms with E-state index in [1.165, 1.54) is 23.4 Å². The SMILES string of the molecule is CSC1=C(C#N)C2NC(c3ccc([N+](=O)[O-])o3)CC(c3ccc(C)cc3C)N2N1. The molecule has 3 heterocycles. The van der Waals surface area contributed by atoms with Crippen LogP contribution in [0.15, 0.2) is 45.4 Å². The van der Waals surface area contributed by atoms with Gasteiger partial charge in [-0.15, -0.1) is 11.8 Å². The highest BCUT2D eigenvalue weighted by molar-refractivity contribution is 8.02. The van der Waals surface area contributed by atoms with Crippen LogP contribution in [0.2, 0.25) is 0 Å². The number of thioether (sulfide) groups is 1. The summed E-state index contributed by atoms with van der Waals surface area (Å²) in [5.41, 5.74) is 7.49. The maximum Gasteiger partial charge on any atom is 0.433 e. The minimum Gasteiger partial charge on any atom is -0.404 e. The van der Waals surface area contributed by atoms with E-state index in [0.717, 1.165) is 16.2 Å². The minimum atomic E-state index is -0.538. The third kappa shape index (κ3) is 3.40. The van der Waals surface area contributed by atoms with Crippen molar-refractivity contribution in [1.82, 2.24) is 15.8 Å². The van der Waals surface area contributed by atoms with E-state index in [9.17, 15) is 15.4 Å². The Bertz CT molecular complexity index is 1040. The first kappa shape index (κ1) is 19.5. The first-order valence-electron chi connectivity index (χ1n) is 9.23. The van der Waals surface area contributed by atoms with Gasteiger partial charge in [-0.05, 0) is 43.7 Å². The molecule has 1 aromatic carbocycles. The summed E-state index contributed by atoms with van der Waals surface area (Å²) < 4.78 is 5.48. The highest BCUT2D eigenvalue weighted by Gasteiger charge is 2.45. The Morgan fingerprint density at radius 2 is 2.14 bits per heavy atom. The Balaban J connectivity index is 1.75. The molecule has 2 aromatic rings. The van der Waals surface area contributed by atoms with E-state index < -0.39 is 4.92 Å². The standard InChI is InChI=1S/C20H21N5O3S/c1-11-4-5-13(12(2)8-11)16-9-15(17-6-7-18(28-17)25(26)27)22-19-14(10-21)20(29-3)23-24(16)19/h4-8,15-16,19,22-23H,9H2,1-3H3. The zero-order chi connectivity index (χ0) is 20.7. The van der Waals surface area contributed by atoms with Gasteiger partial charge in [-0.25, -0.2) is 0 Å². The van der Waals surface area contributed by atoms with Crippen LogP contribution in [0, 0.1) is 35.3 Å². The molecule has 0 bridgehead atoms. The summed E-state index contributed by atoms with van der Waals surface area (Å²) in [6.45, 7) is 4.14. The van der Waals surface area contributed by atoms with Crippen LogP contribution < -0.4 is 10.7 Å². The van der Waals surface area contributed by atoms with Crippen LogP contribution in [0.3, 0.4) is 0 Å².